The van der Waals surface area contributed by atoms with Crippen LogP contribution in [-0.2, 0) is 14.4 Å². The monoisotopic (exact) mass is 435 g/mol. The van der Waals surface area contributed by atoms with Crippen LogP contribution < -0.4 is 0 Å². The molecule has 3 amide bonds. The second kappa shape index (κ2) is 8.96. The van der Waals surface area contributed by atoms with Crippen molar-refractivity contribution >= 4 is 17.7 Å². The van der Waals surface area contributed by atoms with Gasteiger partial charge in [-0.25, -0.2) is 4.90 Å². The van der Waals surface area contributed by atoms with Crippen molar-refractivity contribution in [2.24, 2.45) is 35.0 Å². The number of allylic oxidation sites excluding steroid dienone is 7. The number of hydrogen-bond donors (Lipinski definition) is 0. The van der Waals surface area contributed by atoms with Crippen molar-refractivity contribution in [2.75, 3.05) is 0 Å². The molecule has 0 aromatic heterocycles. The van der Waals surface area contributed by atoms with Gasteiger partial charge in [0.1, 0.15) is 0 Å². The van der Waals surface area contributed by atoms with E-state index in [2.05, 4.69) is 45.9 Å². The van der Waals surface area contributed by atoms with Gasteiger partial charge in [-0.15, -0.1) is 0 Å². The SMILES string of the molecule is CC=C(C)C1C(C)=CC2CCCCC2C1(C)C=CC=CC(=O)N1C(=O)C2CCCC2C1=O. The Kier molecular flexibility index (Phi) is 6.42. The number of amides is 3. The van der Waals surface area contributed by atoms with E-state index in [4.69, 9.17) is 0 Å². The molecule has 0 aromatic carbocycles. The molecule has 172 valence electrons. The van der Waals surface area contributed by atoms with Crippen LogP contribution in [0.3, 0.4) is 0 Å². The van der Waals surface area contributed by atoms with Crippen molar-refractivity contribution in [1.29, 1.82) is 0 Å². The molecule has 1 heterocycles. The van der Waals surface area contributed by atoms with Gasteiger partial charge in [0, 0.05) is 12.0 Å². The lowest BCUT2D eigenvalue weighted by atomic mass is 9.53. The molecule has 1 saturated heterocycles. The molecule has 4 nitrogen and oxygen atoms in total. The van der Waals surface area contributed by atoms with Crippen molar-refractivity contribution in [3.05, 3.63) is 47.6 Å². The second-order valence-corrected chi connectivity index (χ2v) is 10.5. The highest BCUT2D eigenvalue weighted by Crippen LogP contribution is 2.55. The minimum Gasteiger partial charge on any atom is -0.274 e. The van der Waals surface area contributed by atoms with Crippen LogP contribution in [0, 0.1) is 35.0 Å². The minimum atomic E-state index is -0.499. The van der Waals surface area contributed by atoms with Crippen LogP contribution in [0.2, 0.25) is 0 Å². The number of carbonyl (C=O) groups excluding carboxylic acids is 3. The van der Waals surface area contributed by atoms with E-state index in [1.54, 1.807) is 6.08 Å². The first-order valence-electron chi connectivity index (χ1n) is 12.4. The molecule has 0 bridgehead atoms. The number of fused-ring (bicyclic) bond motifs is 2. The molecule has 4 heteroatoms. The second-order valence-electron chi connectivity index (χ2n) is 10.5. The van der Waals surface area contributed by atoms with E-state index in [1.807, 2.05) is 6.08 Å². The molecule has 6 atom stereocenters. The van der Waals surface area contributed by atoms with Gasteiger partial charge in [0.2, 0.25) is 11.8 Å². The van der Waals surface area contributed by atoms with Gasteiger partial charge in [0.05, 0.1) is 11.8 Å². The van der Waals surface area contributed by atoms with Crippen molar-refractivity contribution in [2.45, 2.75) is 72.6 Å². The molecule has 6 unspecified atom stereocenters. The molecule has 0 spiro atoms. The summed E-state index contributed by atoms with van der Waals surface area (Å²) in [4.78, 5) is 38.6. The Morgan fingerprint density at radius 2 is 1.69 bits per heavy atom. The van der Waals surface area contributed by atoms with Gasteiger partial charge in [0.25, 0.3) is 5.91 Å². The maximum atomic E-state index is 12.7. The number of imide groups is 3. The molecular weight excluding hydrogens is 398 g/mol. The third-order valence-electron chi connectivity index (χ3n) is 8.70. The van der Waals surface area contributed by atoms with Crippen LogP contribution >= 0.6 is 0 Å². The highest BCUT2D eigenvalue weighted by atomic mass is 16.2. The van der Waals surface area contributed by atoms with Crippen molar-refractivity contribution < 1.29 is 14.4 Å². The Labute approximate surface area is 192 Å². The maximum absolute atomic E-state index is 12.7. The Bertz CT molecular complexity index is 901. The smallest absolute Gasteiger partial charge is 0.260 e. The molecule has 32 heavy (non-hydrogen) atoms. The van der Waals surface area contributed by atoms with Crippen molar-refractivity contribution in [3.8, 4) is 0 Å². The van der Waals surface area contributed by atoms with Crippen molar-refractivity contribution in [1.82, 2.24) is 4.90 Å². The number of rotatable bonds is 4. The summed E-state index contributed by atoms with van der Waals surface area (Å²) in [6, 6.07) is 0. The molecule has 1 aliphatic heterocycles. The molecule has 4 rings (SSSR count). The van der Waals surface area contributed by atoms with Gasteiger partial charge < -0.3 is 0 Å². The fraction of sp³-hybridized carbons (Fsp3) is 0.607. The molecule has 2 saturated carbocycles. The third-order valence-corrected chi connectivity index (χ3v) is 8.70. The Morgan fingerprint density at radius 1 is 1.03 bits per heavy atom. The first-order chi connectivity index (χ1) is 15.3. The highest BCUT2D eigenvalue weighted by Gasteiger charge is 2.51. The van der Waals surface area contributed by atoms with Crippen LogP contribution in [0.25, 0.3) is 0 Å². The number of likely N-dealkylation sites (tertiary alicyclic amines) is 1. The van der Waals surface area contributed by atoms with E-state index in [-0.39, 0.29) is 29.1 Å². The van der Waals surface area contributed by atoms with E-state index in [0.717, 1.165) is 24.2 Å². The summed E-state index contributed by atoms with van der Waals surface area (Å²) in [6.07, 6.45) is 19.5. The third kappa shape index (κ3) is 3.76. The van der Waals surface area contributed by atoms with Crippen LogP contribution in [0.1, 0.15) is 72.6 Å². The lowest BCUT2D eigenvalue weighted by Gasteiger charge is -2.51. The van der Waals surface area contributed by atoms with Gasteiger partial charge in [0.15, 0.2) is 0 Å². The molecule has 4 aliphatic rings. The average Bonchev–Trinajstić information content (AvgIpc) is 3.34. The minimum absolute atomic E-state index is 0.0236. The first-order valence-corrected chi connectivity index (χ1v) is 12.4. The van der Waals surface area contributed by atoms with Crippen LogP contribution in [0.5, 0.6) is 0 Å². The van der Waals surface area contributed by atoms with Gasteiger partial charge >= 0.3 is 0 Å². The first kappa shape index (κ1) is 22.9. The molecule has 3 aliphatic carbocycles. The normalized spacial score (nSPS) is 37.9. The molecular formula is C28H37NO3. The predicted octanol–water partition coefficient (Wildman–Crippen LogP) is 5.77. The van der Waals surface area contributed by atoms with Gasteiger partial charge in [-0.1, -0.05) is 67.7 Å². The summed E-state index contributed by atoms with van der Waals surface area (Å²) in [5, 5.41) is 0. The Hall–Kier alpha value is -2.23. The Balaban J connectivity index is 1.54. The zero-order valence-corrected chi connectivity index (χ0v) is 20.0. The molecule has 0 aromatic rings. The van der Waals surface area contributed by atoms with Gasteiger partial charge in [-0.05, 0) is 63.7 Å². The lowest BCUT2D eigenvalue weighted by molar-refractivity contribution is -0.148. The summed E-state index contributed by atoms with van der Waals surface area (Å²) in [6.45, 7) is 8.95. The largest absolute Gasteiger partial charge is 0.274 e. The highest BCUT2D eigenvalue weighted by molar-refractivity contribution is 6.19. The Morgan fingerprint density at radius 3 is 2.34 bits per heavy atom. The van der Waals surface area contributed by atoms with E-state index >= 15 is 0 Å². The molecule has 3 fully saturated rings. The summed E-state index contributed by atoms with van der Waals surface area (Å²) in [5.74, 6) is -0.104. The molecule has 0 N–H and O–H groups in total. The van der Waals surface area contributed by atoms with E-state index < -0.39 is 5.91 Å². The standard InChI is InChI=1S/C28H37NO3/c1-5-18(2)25-19(3)17-20-11-6-7-14-23(20)28(25,4)16-9-8-15-24(30)29-26(31)21-12-10-13-22(21)27(29)32/h5,8-9,15-17,20-23,25H,6-7,10-14H2,1-4H3. The van der Waals surface area contributed by atoms with Gasteiger partial charge in [-0.3, -0.25) is 14.4 Å². The summed E-state index contributed by atoms with van der Waals surface area (Å²) < 4.78 is 0. The zero-order valence-electron chi connectivity index (χ0n) is 20.0. The van der Waals surface area contributed by atoms with Crippen molar-refractivity contribution in [3.63, 3.8) is 0 Å². The number of nitrogens with zero attached hydrogens (tertiary/aromatic N) is 1. The summed E-state index contributed by atoms with van der Waals surface area (Å²) in [7, 11) is 0. The molecule has 0 radical (unpaired) electrons. The summed E-state index contributed by atoms with van der Waals surface area (Å²) in [5.41, 5.74) is 2.80. The van der Waals surface area contributed by atoms with E-state index in [1.165, 1.54) is 42.9 Å². The van der Waals surface area contributed by atoms with E-state index in [9.17, 15) is 14.4 Å². The van der Waals surface area contributed by atoms with Gasteiger partial charge in [-0.2, -0.15) is 0 Å². The van der Waals surface area contributed by atoms with Crippen LogP contribution in [-0.4, -0.2) is 22.6 Å². The fourth-order valence-corrected chi connectivity index (χ4v) is 7.19. The quantitative estimate of drug-likeness (QED) is 0.244. The lowest BCUT2D eigenvalue weighted by Crippen LogP contribution is -2.43. The number of hydrogen-bond acceptors (Lipinski definition) is 3. The topological polar surface area (TPSA) is 54.5 Å². The van der Waals surface area contributed by atoms with E-state index in [0.29, 0.717) is 17.8 Å². The average molecular weight is 436 g/mol. The zero-order chi connectivity index (χ0) is 23.0. The number of carbonyl (C=O) groups is 3. The van der Waals surface area contributed by atoms with Crippen LogP contribution in [0.15, 0.2) is 47.6 Å². The summed E-state index contributed by atoms with van der Waals surface area (Å²) >= 11 is 0. The fourth-order valence-electron chi connectivity index (χ4n) is 7.19. The van der Waals surface area contributed by atoms with Crippen LogP contribution in [0.4, 0.5) is 0 Å². The predicted molar refractivity (Wildman–Crippen MR) is 126 cm³/mol. The maximum Gasteiger partial charge on any atom is 0.260 e.